The first-order valence-electron chi connectivity index (χ1n) is 8.28. The predicted octanol–water partition coefficient (Wildman–Crippen LogP) is 4.58. The summed E-state index contributed by atoms with van der Waals surface area (Å²) < 4.78 is 7.18. The highest BCUT2D eigenvalue weighted by Crippen LogP contribution is 2.28. The minimum Gasteiger partial charge on any atom is -0.490 e. The van der Waals surface area contributed by atoms with Crippen LogP contribution in [0, 0.1) is 0 Å². The van der Waals surface area contributed by atoms with Crippen molar-refractivity contribution >= 4 is 27.3 Å². The van der Waals surface area contributed by atoms with Crippen LogP contribution in [0.1, 0.15) is 23.2 Å². The van der Waals surface area contributed by atoms with Crippen molar-refractivity contribution in [1.29, 1.82) is 0 Å². The van der Waals surface area contributed by atoms with Gasteiger partial charge in [0.1, 0.15) is 11.9 Å². The van der Waals surface area contributed by atoms with Crippen LogP contribution >= 0.6 is 11.3 Å². The number of thiophene rings is 1. The topological polar surface area (TPSA) is 29.5 Å². The third kappa shape index (κ3) is 3.02. The van der Waals surface area contributed by atoms with E-state index in [2.05, 4.69) is 6.07 Å². The summed E-state index contributed by atoms with van der Waals surface area (Å²) in [5, 5.41) is 3.05. The minimum absolute atomic E-state index is 0.144. The Labute approximate surface area is 145 Å². The SMILES string of the molecule is O=C(c1csc2ccccc12)N1CCC(Oc2ccccc2)CC1. The zero-order valence-corrected chi connectivity index (χ0v) is 14.2. The van der Waals surface area contributed by atoms with E-state index in [0.29, 0.717) is 0 Å². The van der Waals surface area contributed by atoms with Crippen LogP contribution in [0.5, 0.6) is 5.75 Å². The highest BCUT2D eigenvalue weighted by Gasteiger charge is 2.26. The molecule has 0 bridgehead atoms. The lowest BCUT2D eigenvalue weighted by Crippen LogP contribution is -2.41. The lowest BCUT2D eigenvalue weighted by molar-refractivity contribution is 0.0598. The standard InChI is InChI=1S/C20H19NO2S/c22-20(18-14-24-19-9-5-4-8-17(18)19)21-12-10-16(11-13-21)23-15-6-2-1-3-7-15/h1-9,14,16H,10-13H2. The van der Waals surface area contributed by atoms with Gasteiger partial charge in [0.15, 0.2) is 0 Å². The van der Waals surface area contributed by atoms with E-state index in [0.717, 1.165) is 42.6 Å². The molecule has 2 aromatic carbocycles. The summed E-state index contributed by atoms with van der Waals surface area (Å²) in [5.41, 5.74) is 0.832. The monoisotopic (exact) mass is 337 g/mol. The number of amides is 1. The van der Waals surface area contributed by atoms with E-state index in [1.165, 1.54) is 4.70 Å². The van der Waals surface area contributed by atoms with E-state index in [1.54, 1.807) is 11.3 Å². The van der Waals surface area contributed by atoms with Gasteiger partial charge in [-0.1, -0.05) is 36.4 Å². The lowest BCUT2D eigenvalue weighted by atomic mass is 10.1. The molecule has 1 aliphatic rings. The Morgan fingerprint density at radius 3 is 2.50 bits per heavy atom. The van der Waals surface area contributed by atoms with Gasteiger partial charge in [0, 0.05) is 41.4 Å². The number of rotatable bonds is 3. The first-order chi connectivity index (χ1) is 11.8. The van der Waals surface area contributed by atoms with Crippen molar-refractivity contribution in [2.75, 3.05) is 13.1 Å². The van der Waals surface area contributed by atoms with Crippen LogP contribution in [0.3, 0.4) is 0 Å². The molecule has 4 rings (SSSR count). The van der Waals surface area contributed by atoms with Crippen LogP contribution < -0.4 is 4.74 Å². The maximum Gasteiger partial charge on any atom is 0.255 e. The maximum atomic E-state index is 12.8. The molecular weight excluding hydrogens is 318 g/mol. The van der Waals surface area contributed by atoms with Crippen molar-refractivity contribution in [3.8, 4) is 5.75 Å². The fourth-order valence-electron chi connectivity index (χ4n) is 3.18. The Bertz CT molecular complexity index is 835. The summed E-state index contributed by atoms with van der Waals surface area (Å²) in [6, 6.07) is 18.0. The molecule has 4 heteroatoms. The van der Waals surface area contributed by atoms with Gasteiger partial charge >= 0.3 is 0 Å². The van der Waals surface area contributed by atoms with Crippen LogP contribution in [-0.4, -0.2) is 30.0 Å². The molecule has 0 saturated carbocycles. The lowest BCUT2D eigenvalue weighted by Gasteiger charge is -2.32. The quantitative estimate of drug-likeness (QED) is 0.700. The Morgan fingerprint density at radius 1 is 1.00 bits per heavy atom. The molecule has 1 amide bonds. The van der Waals surface area contributed by atoms with E-state index in [4.69, 9.17) is 4.74 Å². The molecular formula is C20H19NO2S. The highest BCUT2D eigenvalue weighted by molar-refractivity contribution is 7.17. The van der Waals surface area contributed by atoms with E-state index in [1.807, 2.05) is 58.8 Å². The average molecular weight is 337 g/mol. The summed E-state index contributed by atoms with van der Waals surface area (Å²) in [4.78, 5) is 14.8. The van der Waals surface area contributed by atoms with E-state index in [9.17, 15) is 4.79 Å². The van der Waals surface area contributed by atoms with E-state index >= 15 is 0 Å². The number of carbonyl (C=O) groups excluding carboxylic acids is 1. The first kappa shape index (κ1) is 15.2. The van der Waals surface area contributed by atoms with Crippen molar-refractivity contribution < 1.29 is 9.53 Å². The van der Waals surface area contributed by atoms with Crippen LogP contribution in [0.4, 0.5) is 0 Å². The van der Waals surface area contributed by atoms with Gasteiger partial charge in [-0.2, -0.15) is 0 Å². The number of nitrogens with zero attached hydrogens (tertiary/aromatic N) is 1. The summed E-state index contributed by atoms with van der Waals surface area (Å²) in [7, 11) is 0. The van der Waals surface area contributed by atoms with Crippen LogP contribution in [0.25, 0.3) is 10.1 Å². The molecule has 0 aliphatic carbocycles. The Kier molecular flexibility index (Phi) is 4.22. The summed E-state index contributed by atoms with van der Waals surface area (Å²) >= 11 is 1.64. The second-order valence-corrected chi connectivity index (χ2v) is 6.98. The molecule has 1 fully saturated rings. The van der Waals surface area contributed by atoms with Gasteiger partial charge in [-0.15, -0.1) is 11.3 Å². The molecule has 24 heavy (non-hydrogen) atoms. The Balaban J connectivity index is 1.41. The predicted molar refractivity (Wildman–Crippen MR) is 97.8 cm³/mol. The molecule has 0 atom stereocenters. The number of fused-ring (bicyclic) bond motifs is 1. The number of hydrogen-bond acceptors (Lipinski definition) is 3. The molecule has 1 saturated heterocycles. The number of ether oxygens (including phenoxy) is 1. The number of carbonyl (C=O) groups is 1. The molecule has 3 aromatic rings. The first-order valence-corrected chi connectivity index (χ1v) is 9.16. The van der Waals surface area contributed by atoms with Crippen LogP contribution in [0.15, 0.2) is 60.0 Å². The molecule has 2 heterocycles. The number of para-hydroxylation sites is 1. The zero-order chi connectivity index (χ0) is 16.4. The number of likely N-dealkylation sites (tertiary alicyclic amines) is 1. The fourth-order valence-corrected chi connectivity index (χ4v) is 4.12. The molecule has 1 aliphatic heterocycles. The summed E-state index contributed by atoms with van der Waals surface area (Å²) in [6.45, 7) is 1.50. The van der Waals surface area contributed by atoms with Crippen LogP contribution in [0.2, 0.25) is 0 Å². The van der Waals surface area contributed by atoms with Crippen molar-refractivity contribution in [2.24, 2.45) is 0 Å². The van der Waals surface area contributed by atoms with Crippen molar-refractivity contribution in [3.63, 3.8) is 0 Å². The minimum atomic E-state index is 0.144. The number of piperidine rings is 1. The molecule has 0 spiro atoms. The third-order valence-corrected chi connectivity index (χ3v) is 5.45. The molecule has 0 N–H and O–H groups in total. The number of benzene rings is 2. The largest absolute Gasteiger partial charge is 0.490 e. The Morgan fingerprint density at radius 2 is 1.71 bits per heavy atom. The van der Waals surface area contributed by atoms with Gasteiger partial charge in [-0.05, 0) is 18.2 Å². The summed E-state index contributed by atoms with van der Waals surface area (Å²) in [6.07, 6.45) is 1.95. The fraction of sp³-hybridized carbons (Fsp3) is 0.250. The highest BCUT2D eigenvalue weighted by atomic mass is 32.1. The maximum absolute atomic E-state index is 12.8. The molecule has 0 radical (unpaired) electrons. The molecule has 3 nitrogen and oxygen atoms in total. The summed E-state index contributed by atoms with van der Waals surface area (Å²) in [5.74, 6) is 1.05. The molecule has 122 valence electrons. The second-order valence-electron chi connectivity index (χ2n) is 6.07. The average Bonchev–Trinajstić information content (AvgIpc) is 3.07. The van der Waals surface area contributed by atoms with Gasteiger partial charge in [0.2, 0.25) is 0 Å². The van der Waals surface area contributed by atoms with E-state index < -0.39 is 0 Å². The van der Waals surface area contributed by atoms with Gasteiger partial charge in [-0.25, -0.2) is 0 Å². The molecule has 1 aromatic heterocycles. The van der Waals surface area contributed by atoms with Gasteiger partial charge in [-0.3, -0.25) is 4.79 Å². The Hall–Kier alpha value is -2.33. The van der Waals surface area contributed by atoms with E-state index in [-0.39, 0.29) is 12.0 Å². The second kappa shape index (κ2) is 6.65. The van der Waals surface area contributed by atoms with Gasteiger partial charge in [0.25, 0.3) is 5.91 Å². The van der Waals surface area contributed by atoms with Crippen molar-refractivity contribution in [2.45, 2.75) is 18.9 Å². The van der Waals surface area contributed by atoms with Crippen molar-refractivity contribution in [1.82, 2.24) is 4.90 Å². The van der Waals surface area contributed by atoms with Gasteiger partial charge in [0.05, 0.1) is 5.56 Å². The normalized spacial score (nSPS) is 15.6. The van der Waals surface area contributed by atoms with Crippen molar-refractivity contribution in [3.05, 3.63) is 65.5 Å². The zero-order valence-electron chi connectivity index (χ0n) is 13.4. The van der Waals surface area contributed by atoms with Crippen LogP contribution in [-0.2, 0) is 0 Å². The molecule has 0 unspecified atom stereocenters. The number of hydrogen-bond donors (Lipinski definition) is 0. The smallest absolute Gasteiger partial charge is 0.255 e. The third-order valence-electron chi connectivity index (χ3n) is 4.49. The van der Waals surface area contributed by atoms with Gasteiger partial charge < -0.3 is 9.64 Å².